The second-order valence-electron chi connectivity index (χ2n) is 12.3. The zero-order valence-electron chi connectivity index (χ0n) is 27.2. The minimum atomic E-state index is -1.66. The van der Waals surface area contributed by atoms with Crippen molar-refractivity contribution in [1.82, 2.24) is 21.1 Å². The summed E-state index contributed by atoms with van der Waals surface area (Å²) in [5.74, 6) is 0.303. The molecular formula is C36H40N6O6. The number of anilines is 1. The van der Waals surface area contributed by atoms with Crippen molar-refractivity contribution >= 4 is 23.5 Å². The number of fused-ring (bicyclic) bond motifs is 2. The van der Waals surface area contributed by atoms with E-state index in [1.54, 1.807) is 13.3 Å². The van der Waals surface area contributed by atoms with Crippen LogP contribution in [0.3, 0.4) is 0 Å². The van der Waals surface area contributed by atoms with E-state index in [0.717, 1.165) is 48.2 Å². The highest BCUT2D eigenvalue weighted by atomic mass is 16.7. The first-order chi connectivity index (χ1) is 23.4. The molecule has 4 heterocycles. The second kappa shape index (κ2) is 13.6. The van der Waals surface area contributed by atoms with Gasteiger partial charge in [-0.3, -0.25) is 25.3 Å². The fourth-order valence-electron chi connectivity index (χ4n) is 6.47. The quantitative estimate of drug-likeness (QED) is 0.293. The maximum absolute atomic E-state index is 14.2. The maximum Gasteiger partial charge on any atom is 0.273 e. The number of carbonyl (C=O) groups is 2. The van der Waals surface area contributed by atoms with Crippen LogP contribution in [0.15, 0.2) is 83.5 Å². The highest BCUT2D eigenvalue weighted by molar-refractivity contribution is 6.04. The van der Waals surface area contributed by atoms with Gasteiger partial charge < -0.3 is 29.2 Å². The van der Waals surface area contributed by atoms with Crippen LogP contribution in [-0.2, 0) is 33.9 Å². The van der Waals surface area contributed by atoms with Crippen LogP contribution in [0, 0.1) is 0 Å². The number of amides is 2. The number of benzene rings is 3. The van der Waals surface area contributed by atoms with Crippen molar-refractivity contribution in [3.8, 4) is 17.2 Å². The van der Waals surface area contributed by atoms with Crippen molar-refractivity contribution in [2.24, 2.45) is 4.99 Å². The number of hydrogen-bond acceptors (Lipinski definition) is 10. The summed E-state index contributed by atoms with van der Waals surface area (Å²) in [4.78, 5) is 34.5. The van der Waals surface area contributed by atoms with Gasteiger partial charge in [-0.25, -0.2) is 0 Å². The average molecular weight is 653 g/mol. The van der Waals surface area contributed by atoms with Gasteiger partial charge in [0, 0.05) is 37.4 Å². The summed E-state index contributed by atoms with van der Waals surface area (Å²) < 4.78 is 23.2. The molecule has 250 valence electrons. The number of hydrazine groups is 1. The summed E-state index contributed by atoms with van der Waals surface area (Å²) in [5.41, 5.74) is 7.03. The first-order valence-corrected chi connectivity index (χ1v) is 16.4. The SMILES string of the molecule is COc1ccc(COC2(NCc3ccc4c(c3)OCO4)N=C(N3c4ccccc4CC3C)NC=C2C(=O)NN2CCCCCC2=O)cc1. The van der Waals surface area contributed by atoms with Gasteiger partial charge in [0.2, 0.25) is 18.7 Å². The van der Waals surface area contributed by atoms with E-state index in [0.29, 0.717) is 30.4 Å². The Balaban J connectivity index is 1.27. The van der Waals surface area contributed by atoms with E-state index >= 15 is 0 Å². The standard InChI is InChI=1S/C36H40N6O6/c1-24-18-27-8-5-6-9-30(27)42(24)35-37-21-29(34(44)40-41-17-7-3-4-10-33(41)43)36(39-35,48-22-25-11-14-28(45-2)15-12-25)38-20-26-13-16-31-32(19-26)47-23-46-31/h5-6,8-9,11-16,19,21,24,38H,3-4,7,10,17-18,20,22-23H2,1-2H3,(H,37,39)(H,40,44). The van der Waals surface area contributed by atoms with Crippen molar-refractivity contribution in [1.29, 1.82) is 0 Å². The van der Waals surface area contributed by atoms with Crippen molar-refractivity contribution in [2.75, 3.05) is 25.3 Å². The molecule has 0 spiro atoms. The fraction of sp³-hybridized carbons (Fsp3) is 0.361. The summed E-state index contributed by atoms with van der Waals surface area (Å²) in [5, 5.41) is 8.21. The molecule has 12 heteroatoms. The topological polar surface area (TPSA) is 126 Å². The molecule has 1 saturated heterocycles. The molecule has 4 aliphatic rings. The molecule has 3 aromatic carbocycles. The number of rotatable bonds is 9. The summed E-state index contributed by atoms with van der Waals surface area (Å²) in [7, 11) is 1.62. The molecular weight excluding hydrogens is 612 g/mol. The Kier molecular flexibility index (Phi) is 8.92. The van der Waals surface area contributed by atoms with Crippen LogP contribution in [0.25, 0.3) is 0 Å². The van der Waals surface area contributed by atoms with Gasteiger partial charge in [0.15, 0.2) is 11.5 Å². The third-order valence-electron chi connectivity index (χ3n) is 9.04. The van der Waals surface area contributed by atoms with Crippen molar-refractivity contribution in [3.63, 3.8) is 0 Å². The van der Waals surface area contributed by atoms with Crippen LogP contribution >= 0.6 is 0 Å². The molecule has 0 bridgehead atoms. The molecule has 12 nitrogen and oxygen atoms in total. The van der Waals surface area contributed by atoms with Gasteiger partial charge in [0.1, 0.15) is 11.3 Å². The molecule has 2 atom stereocenters. The molecule has 7 rings (SSSR count). The summed E-state index contributed by atoms with van der Waals surface area (Å²) >= 11 is 0. The summed E-state index contributed by atoms with van der Waals surface area (Å²) in [6.07, 6.45) is 5.39. The Morgan fingerprint density at radius 1 is 1.04 bits per heavy atom. The molecule has 2 unspecified atom stereocenters. The monoisotopic (exact) mass is 652 g/mol. The molecule has 3 N–H and O–H groups in total. The van der Waals surface area contributed by atoms with Gasteiger partial charge in [-0.1, -0.05) is 42.8 Å². The Hall–Kier alpha value is -5.07. The van der Waals surface area contributed by atoms with Gasteiger partial charge in [-0.2, -0.15) is 4.99 Å². The van der Waals surface area contributed by atoms with Crippen molar-refractivity contribution in [2.45, 2.75) is 64.1 Å². The van der Waals surface area contributed by atoms with E-state index in [1.807, 2.05) is 54.6 Å². The number of methoxy groups -OCH3 is 1. The van der Waals surface area contributed by atoms with Gasteiger partial charge in [0.25, 0.3) is 11.8 Å². The number of nitrogens with zero attached hydrogens (tertiary/aromatic N) is 3. The molecule has 48 heavy (non-hydrogen) atoms. The third-order valence-corrected chi connectivity index (χ3v) is 9.04. The second-order valence-corrected chi connectivity index (χ2v) is 12.3. The van der Waals surface area contributed by atoms with Gasteiger partial charge >= 0.3 is 0 Å². The van der Waals surface area contributed by atoms with Crippen LogP contribution in [0.2, 0.25) is 0 Å². The molecule has 0 aromatic heterocycles. The molecule has 0 aliphatic carbocycles. The van der Waals surface area contributed by atoms with Crippen LogP contribution < -0.4 is 35.2 Å². The summed E-state index contributed by atoms with van der Waals surface area (Å²) in [6, 6.07) is 21.6. The van der Waals surface area contributed by atoms with E-state index in [-0.39, 0.29) is 37.5 Å². The van der Waals surface area contributed by atoms with Crippen molar-refractivity contribution < 1.29 is 28.5 Å². The van der Waals surface area contributed by atoms with E-state index in [4.69, 9.17) is 23.9 Å². The zero-order valence-corrected chi connectivity index (χ0v) is 27.2. The number of guanidine groups is 1. The first-order valence-electron chi connectivity index (χ1n) is 16.4. The smallest absolute Gasteiger partial charge is 0.273 e. The summed E-state index contributed by atoms with van der Waals surface area (Å²) in [6.45, 7) is 3.13. The van der Waals surface area contributed by atoms with Crippen LogP contribution in [0.1, 0.15) is 49.3 Å². The highest BCUT2D eigenvalue weighted by Gasteiger charge is 2.45. The Morgan fingerprint density at radius 2 is 1.85 bits per heavy atom. The molecule has 1 fully saturated rings. The minimum Gasteiger partial charge on any atom is -0.497 e. The highest BCUT2D eigenvalue weighted by Crippen LogP contribution is 2.36. The fourth-order valence-corrected chi connectivity index (χ4v) is 6.47. The predicted octanol–water partition coefficient (Wildman–Crippen LogP) is 4.11. The van der Waals surface area contributed by atoms with Crippen LogP contribution in [0.4, 0.5) is 5.69 Å². The lowest BCUT2D eigenvalue weighted by Gasteiger charge is -2.39. The number of carbonyl (C=O) groups excluding carboxylic acids is 2. The molecule has 2 amide bonds. The lowest BCUT2D eigenvalue weighted by molar-refractivity contribution is -0.141. The van der Waals surface area contributed by atoms with Crippen molar-refractivity contribution in [3.05, 3.63) is 95.2 Å². The number of hydrogen-bond donors (Lipinski definition) is 3. The molecule has 0 saturated carbocycles. The first kappa shape index (κ1) is 31.5. The van der Waals surface area contributed by atoms with Gasteiger partial charge in [-0.15, -0.1) is 0 Å². The number of ether oxygens (including phenoxy) is 4. The lowest BCUT2D eigenvalue weighted by Crippen LogP contribution is -2.59. The Bertz CT molecular complexity index is 1740. The third kappa shape index (κ3) is 6.41. The molecule has 3 aromatic rings. The average Bonchev–Trinajstić information content (AvgIpc) is 3.66. The largest absolute Gasteiger partial charge is 0.497 e. The van der Waals surface area contributed by atoms with E-state index < -0.39 is 11.8 Å². The van der Waals surface area contributed by atoms with E-state index in [2.05, 4.69) is 40.0 Å². The van der Waals surface area contributed by atoms with E-state index in [9.17, 15) is 9.59 Å². The minimum absolute atomic E-state index is 0.0975. The van der Waals surface area contributed by atoms with E-state index in [1.165, 1.54) is 10.6 Å². The molecule has 4 aliphatic heterocycles. The predicted molar refractivity (Wildman–Crippen MR) is 179 cm³/mol. The number of aliphatic imine (C=N–C) groups is 1. The normalized spacial score (nSPS) is 21.5. The number of nitrogens with one attached hydrogen (secondary N) is 3. The van der Waals surface area contributed by atoms with Crippen LogP contribution in [-0.4, -0.2) is 55.1 Å². The van der Waals surface area contributed by atoms with Gasteiger partial charge in [0.05, 0.1) is 13.7 Å². The molecule has 0 radical (unpaired) electrons. The Morgan fingerprint density at radius 3 is 2.71 bits per heavy atom. The van der Waals surface area contributed by atoms with Crippen LogP contribution in [0.5, 0.6) is 17.2 Å². The van der Waals surface area contributed by atoms with Gasteiger partial charge in [-0.05, 0) is 73.2 Å². The zero-order chi connectivity index (χ0) is 33.1. The number of para-hydroxylation sites is 1. The maximum atomic E-state index is 14.2. The lowest BCUT2D eigenvalue weighted by atomic mass is 10.1. The Labute approximate surface area is 279 Å².